The molecular weight excluding hydrogens is 274 g/mol. The van der Waals surface area contributed by atoms with Crippen molar-refractivity contribution < 1.29 is 9.47 Å². The summed E-state index contributed by atoms with van der Waals surface area (Å²) in [6.45, 7) is 2.99. The maximum absolute atomic E-state index is 5.32. The lowest BCUT2D eigenvalue weighted by molar-refractivity contribution is 0.354. The van der Waals surface area contributed by atoms with Gasteiger partial charge >= 0.3 is 0 Å². The highest BCUT2D eigenvalue weighted by atomic mass is 32.1. The lowest BCUT2D eigenvalue weighted by Gasteiger charge is -2.10. The van der Waals surface area contributed by atoms with Crippen LogP contribution in [0.4, 0.5) is 0 Å². The number of nitrogens with one attached hydrogen (secondary N) is 1. The van der Waals surface area contributed by atoms with Crippen molar-refractivity contribution in [2.45, 2.75) is 26.3 Å². The zero-order valence-electron chi connectivity index (χ0n) is 12.0. The molecule has 0 radical (unpaired) electrons. The Balaban J connectivity index is 2.28. The van der Waals surface area contributed by atoms with Gasteiger partial charge in [-0.2, -0.15) is 5.10 Å². The Morgan fingerprint density at radius 3 is 2.65 bits per heavy atom. The first-order valence-corrected chi connectivity index (χ1v) is 6.95. The molecule has 0 saturated heterocycles. The van der Waals surface area contributed by atoms with Crippen LogP contribution in [0.1, 0.15) is 24.7 Å². The molecule has 1 heterocycles. The second kappa shape index (κ2) is 6.56. The number of hydrogen-bond donors (Lipinski definition) is 1. The molecule has 0 aliphatic carbocycles. The van der Waals surface area contributed by atoms with Crippen LogP contribution < -0.4 is 9.47 Å². The van der Waals surface area contributed by atoms with E-state index in [0.29, 0.717) is 11.2 Å². The molecule has 6 heteroatoms. The molecule has 20 heavy (non-hydrogen) atoms. The van der Waals surface area contributed by atoms with E-state index in [4.69, 9.17) is 21.7 Å². The summed E-state index contributed by atoms with van der Waals surface area (Å²) in [6.07, 6.45) is 1.72. The van der Waals surface area contributed by atoms with Gasteiger partial charge < -0.3 is 14.0 Å². The summed E-state index contributed by atoms with van der Waals surface area (Å²) in [5, 5.41) is 7.15. The number of aromatic nitrogens is 3. The molecule has 0 unspecified atom stereocenters. The van der Waals surface area contributed by atoms with E-state index < -0.39 is 0 Å². The Morgan fingerprint density at radius 2 is 2.00 bits per heavy atom. The van der Waals surface area contributed by atoms with E-state index in [-0.39, 0.29) is 0 Å². The van der Waals surface area contributed by atoms with Crippen LogP contribution in [0.2, 0.25) is 0 Å². The van der Waals surface area contributed by atoms with Gasteiger partial charge in [0.05, 0.1) is 14.2 Å². The number of rotatable bonds is 6. The highest BCUT2D eigenvalue weighted by molar-refractivity contribution is 7.71. The van der Waals surface area contributed by atoms with Crippen molar-refractivity contribution in [1.82, 2.24) is 14.8 Å². The highest BCUT2D eigenvalue weighted by Gasteiger charge is 2.09. The number of methoxy groups -OCH3 is 2. The van der Waals surface area contributed by atoms with Gasteiger partial charge in [0.2, 0.25) is 0 Å². The topological polar surface area (TPSA) is 52.1 Å². The number of H-pyrrole nitrogens is 1. The van der Waals surface area contributed by atoms with E-state index >= 15 is 0 Å². The molecule has 0 amide bonds. The zero-order chi connectivity index (χ0) is 14.5. The summed E-state index contributed by atoms with van der Waals surface area (Å²) < 4.78 is 13.3. The second-order valence-electron chi connectivity index (χ2n) is 4.46. The number of aromatic amines is 1. The minimum atomic E-state index is 0.669. The van der Waals surface area contributed by atoms with Crippen molar-refractivity contribution in [3.8, 4) is 11.5 Å². The van der Waals surface area contributed by atoms with Gasteiger partial charge in [0.15, 0.2) is 16.3 Å². The van der Waals surface area contributed by atoms with Gasteiger partial charge in [-0.05, 0) is 36.3 Å². The normalized spacial score (nSPS) is 10.6. The molecule has 0 atom stereocenters. The number of benzene rings is 1. The van der Waals surface area contributed by atoms with Crippen LogP contribution >= 0.6 is 12.2 Å². The van der Waals surface area contributed by atoms with Crippen molar-refractivity contribution in [3.63, 3.8) is 0 Å². The lowest BCUT2D eigenvalue weighted by atomic mass is 10.1. The zero-order valence-corrected chi connectivity index (χ0v) is 12.8. The van der Waals surface area contributed by atoms with E-state index in [9.17, 15) is 0 Å². The van der Waals surface area contributed by atoms with E-state index in [1.807, 2.05) is 22.8 Å². The first kappa shape index (κ1) is 14.6. The standard InChI is InChI=1S/C14H19N3O2S/c1-4-7-17-13(15-16-14(17)20)9-10-5-6-11(18-2)12(8-10)19-3/h5-6,8H,4,7,9H2,1-3H3,(H,16,20). The maximum atomic E-state index is 5.32. The summed E-state index contributed by atoms with van der Waals surface area (Å²) in [5.41, 5.74) is 1.11. The second-order valence-corrected chi connectivity index (χ2v) is 4.85. The van der Waals surface area contributed by atoms with Crippen LogP contribution in [0.25, 0.3) is 0 Å². The molecule has 108 valence electrons. The smallest absolute Gasteiger partial charge is 0.195 e. The Labute approximate surface area is 123 Å². The van der Waals surface area contributed by atoms with Crippen molar-refractivity contribution in [2.75, 3.05) is 14.2 Å². The summed E-state index contributed by atoms with van der Waals surface area (Å²) in [5.74, 6) is 2.38. The molecule has 0 aliphatic rings. The van der Waals surface area contributed by atoms with Crippen molar-refractivity contribution in [3.05, 3.63) is 34.4 Å². The third-order valence-electron chi connectivity index (χ3n) is 3.09. The van der Waals surface area contributed by atoms with Crippen LogP contribution in [0, 0.1) is 4.77 Å². The van der Waals surface area contributed by atoms with E-state index in [0.717, 1.165) is 35.9 Å². The van der Waals surface area contributed by atoms with Crippen LogP contribution in [-0.2, 0) is 13.0 Å². The van der Waals surface area contributed by atoms with Gasteiger partial charge in [-0.15, -0.1) is 0 Å². The molecular formula is C14H19N3O2S. The summed E-state index contributed by atoms with van der Waals surface area (Å²) >= 11 is 5.24. The van der Waals surface area contributed by atoms with Crippen LogP contribution in [0.15, 0.2) is 18.2 Å². The molecule has 0 fully saturated rings. The fourth-order valence-electron chi connectivity index (χ4n) is 2.11. The minimum absolute atomic E-state index is 0.669. The third kappa shape index (κ3) is 3.01. The molecule has 2 rings (SSSR count). The predicted octanol–water partition coefficient (Wildman–Crippen LogP) is 2.96. The summed E-state index contributed by atoms with van der Waals surface area (Å²) in [6, 6.07) is 5.88. The number of nitrogens with zero attached hydrogens (tertiary/aromatic N) is 2. The average molecular weight is 293 g/mol. The van der Waals surface area contributed by atoms with Gasteiger partial charge in [-0.3, -0.25) is 5.10 Å². The Morgan fingerprint density at radius 1 is 1.25 bits per heavy atom. The Bertz CT molecular complexity index is 634. The Hall–Kier alpha value is -1.82. The lowest BCUT2D eigenvalue weighted by Crippen LogP contribution is -2.04. The molecule has 0 aliphatic heterocycles. The van der Waals surface area contributed by atoms with Crippen molar-refractivity contribution >= 4 is 12.2 Å². The molecule has 0 bridgehead atoms. The monoisotopic (exact) mass is 293 g/mol. The van der Waals surface area contributed by atoms with Gasteiger partial charge in [-0.1, -0.05) is 13.0 Å². The van der Waals surface area contributed by atoms with Gasteiger partial charge in [0.1, 0.15) is 5.82 Å². The van der Waals surface area contributed by atoms with Crippen molar-refractivity contribution in [1.29, 1.82) is 0 Å². The van der Waals surface area contributed by atoms with Gasteiger partial charge in [0.25, 0.3) is 0 Å². The molecule has 2 aromatic rings. The molecule has 1 aromatic heterocycles. The third-order valence-corrected chi connectivity index (χ3v) is 3.41. The quantitative estimate of drug-likeness (QED) is 0.832. The predicted molar refractivity (Wildman–Crippen MR) is 80.1 cm³/mol. The SMILES string of the molecule is CCCn1c(Cc2ccc(OC)c(OC)c2)n[nH]c1=S. The maximum Gasteiger partial charge on any atom is 0.195 e. The first-order chi connectivity index (χ1) is 9.69. The van der Waals surface area contributed by atoms with Gasteiger partial charge in [-0.25, -0.2) is 0 Å². The number of ether oxygens (including phenoxy) is 2. The van der Waals surface area contributed by atoms with Gasteiger partial charge in [0, 0.05) is 13.0 Å². The fraction of sp³-hybridized carbons (Fsp3) is 0.429. The first-order valence-electron chi connectivity index (χ1n) is 6.54. The van der Waals surface area contributed by atoms with E-state index in [1.54, 1.807) is 14.2 Å². The summed E-state index contributed by atoms with van der Waals surface area (Å²) in [7, 11) is 3.26. The van der Waals surface area contributed by atoms with Crippen LogP contribution in [-0.4, -0.2) is 29.0 Å². The molecule has 1 N–H and O–H groups in total. The molecule has 5 nitrogen and oxygen atoms in total. The highest BCUT2D eigenvalue weighted by Crippen LogP contribution is 2.28. The minimum Gasteiger partial charge on any atom is -0.493 e. The van der Waals surface area contributed by atoms with Crippen LogP contribution in [0.3, 0.4) is 0 Å². The molecule has 0 saturated carbocycles. The molecule has 1 aromatic carbocycles. The summed E-state index contributed by atoms with van der Waals surface area (Å²) in [4.78, 5) is 0. The average Bonchev–Trinajstić information content (AvgIpc) is 2.80. The number of hydrogen-bond acceptors (Lipinski definition) is 4. The van der Waals surface area contributed by atoms with E-state index in [2.05, 4.69) is 17.1 Å². The van der Waals surface area contributed by atoms with Crippen LogP contribution in [0.5, 0.6) is 11.5 Å². The largest absolute Gasteiger partial charge is 0.493 e. The molecule has 0 spiro atoms. The Kier molecular flexibility index (Phi) is 4.79. The van der Waals surface area contributed by atoms with Crippen molar-refractivity contribution in [2.24, 2.45) is 0 Å². The van der Waals surface area contributed by atoms with E-state index in [1.165, 1.54) is 0 Å². The fourth-order valence-corrected chi connectivity index (χ4v) is 2.35.